The maximum Gasteiger partial charge on any atom is 0.220 e. The molecule has 2 atom stereocenters. The molecule has 1 aliphatic heterocycles. The van der Waals surface area contributed by atoms with Crippen LogP contribution < -0.4 is 10.6 Å². The molecule has 2 rings (SSSR count). The average molecular weight is 252 g/mol. The third-order valence-electron chi connectivity index (χ3n) is 4.60. The Morgan fingerprint density at radius 1 is 1.22 bits per heavy atom. The summed E-state index contributed by atoms with van der Waals surface area (Å²) in [6, 6.07) is 0.773. The molecule has 0 aromatic carbocycles. The number of carbonyl (C=O) groups is 1. The molecule has 1 heterocycles. The highest BCUT2D eigenvalue weighted by atomic mass is 16.1. The molecule has 2 unspecified atom stereocenters. The molecule has 3 heteroatoms. The van der Waals surface area contributed by atoms with Crippen molar-refractivity contribution in [1.82, 2.24) is 10.6 Å². The molecule has 0 aromatic heterocycles. The summed E-state index contributed by atoms with van der Waals surface area (Å²) in [7, 11) is 0. The Morgan fingerprint density at radius 3 is 2.72 bits per heavy atom. The molecule has 2 fully saturated rings. The second kappa shape index (κ2) is 7.13. The molecule has 0 spiro atoms. The summed E-state index contributed by atoms with van der Waals surface area (Å²) in [5.41, 5.74) is 0. The van der Waals surface area contributed by atoms with Crippen LogP contribution in [0.2, 0.25) is 0 Å². The van der Waals surface area contributed by atoms with E-state index in [4.69, 9.17) is 0 Å². The van der Waals surface area contributed by atoms with Crippen LogP contribution in [0, 0.1) is 5.92 Å². The molecule has 0 bridgehead atoms. The van der Waals surface area contributed by atoms with Gasteiger partial charge in [-0.15, -0.1) is 0 Å². The lowest BCUT2D eigenvalue weighted by Crippen LogP contribution is -2.51. The number of hydrogen-bond acceptors (Lipinski definition) is 2. The first-order valence-electron chi connectivity index (χ1n) is 7.78. The minimum atomic E-state index is 0.258. The van der Waals surface area contributed by atoms with Crippen molar-refractivity contribution in [3.63, 3.8) is 0 Å². The SMILES string of the molecule is CC1NCCCC1NC(=O)CCCC1CCCC1. The van der Waals surface area contributed by atoms with Gasteiger partial charge in [0.05, 0.1) is 0 Å². The van der Waals surface area contributed by atoms with E-state index in [1.165, 1.54) is 38.5 Å². The number of nitrogens with one attached hydrogen (secondary N) is 2. The maximum absolute atomic E-state index is 11.9. The lowest BCUT2D eigenvalue weighted by molar-refractivity contribution is -0.122. The Bertz CT molecular complexity index is 261. The van der Waals surface area contributed by atoms with Crippen LogP contribution in [0.5, 0.6) is 0 Å². The average Bonchev–Trinajstić information content (AvgIpc) is 2.85. The van der Waals surface area contributed by atoms with Crippen LogP contribution in [0.15, 0.2) is 0 Å². The number of hydrogen-bond donors (Lipinski definition) is 2. The summed E-state index contributed by atoms with van der Waals surface area (Å²) < 4.78 is 0. The van der Waals surface area contributed by atoms with Gasteiger partial charge in [-0.3, -0.25) is 4.79 Å². The summed E-state index contributed by atoms with van der Waals surface area (Å²) in [6.45, 7) is 3.26. The smallest absolute Gasteiger partial charge is 0.220 e. The molecule has 0 aromatic rings. The van der Waals surface area contributed by atoms with Gasteiger partial charge in [-0.2, -0.15) is 0 Å². The first-order valence-corrected chi connectivity index (χ1v) is 7.78. The molecule has 3 nitrogen and oxygen atoms in total. The fourth-order valence-electron chi connectivity index (χ4n) is 3.37. The van der Waals surface area contributed by atoms with Gasteiger partial charge in [0.2, 0.25) is 5.91 Å². The fourth-order valence-corrected chi connectivity index (χ4v) is 3.37. The molecule has 18 heavy (non-hydrogen) atoms. The molecule has 1 saturated carbocycles. The highest BCUT2D eigenvalue weighted by Crippen LogP contribution is 2.28. The van der Waals surface area contributed by atoms with E-state index in [-0.39, 0.29) is 5.91 Å². The van der Waals surface area contributed by atoms with Crippen molar-refractivity contribution >= 4 is 5.91 Å². The van der Waals surface area contributed by atoms with E-state index in [0.29, 0.717) is 12.1 Å². The van der Waals surface area contributed by atoms with Gasteiger partial charge in [0.1, 0.15) is 0 Å². The molecule has 2 N–H and O–H groups in total. The monoisotopic (exact) mass is 252 g/mol. The summed E-state index contributed by atoms with van der Waals surface area (Å²) in [6.07, 6.45) is 11.0. The Kier molecular flexibility index (Phi) is 5.48. The largest absolute Gasteiger partial charge is 0.352 e. The van der Waals surface area contributed by atoms with E-state index in [1.54, 1.807) is 0 Å². The molecule has 0 radical (unpaired) electrons. The first kappa shape index (κ1) is 13.9. The zero-order valence-electron chi connectivity index (χ0n) is 11.7. The van der Waals surface area contributed by atoms with Crippen molar-refractivity contribution in [2.75, 3.05) is 6.54 Å². The highest BCUT2D eigenvalue weighted by molar-refractivity contribution is 5.76. The van der Waals surface area contributed by atoms with Crippen molar-refractivity contribution in [3.8, 4) is 0 Å². The molecule has 1 saturated heterocycles. The van der Waals surface area contributed by atoms with E-state index in [9.17, 15) is 4.79 Å². The molecule has 1 aliphatic carbocycles. The molecule has 1 amide bonds. The molecular weight excluding hydrogens is 224 g/mol. The maximum atomic E-state index is 11.9. The van der Waals surface area contributed by atoms with Crippen molar-refractivity contribution in [3.05, 3.63) is 0 Å². The van der Waals surface area contributed by atoms with Gasteiger partial charge in [0, 0.05) is 18.5 Å². The third kappa shape index (κ3) is 4.27. The summed E-state index contributed by atoms with van der Waals surface area (Å²) in [5, 5.41) is 6.62. The highest BCUT2D eigenvalue weighted by Gasteiger charge is 2.22. The van der Waals surface area contributed by atoms with Crippen molar-refractivity contribution < 1.29 is 4.79 Å². The number of rotatable bonds is 5. The first-order chi connectivity index (χ1) is 8.75. The summed E-state index contributed by atoms with van der Waals surface area (Å²) in [5.74, 6) is 1.17. The zero-order valence-corrected chi connectivity index (χ0v) is 11.7. The second-order valence-electron chi connectivity index (χ2n) is 6.10. The van der Waals surface area contributed by atoms with Crippen molar-refractivity contribution in [2.45, 2.75) is 76.8 Å². The number of amides is 1. The fraction of sp³-hybridized carbons (Fsp3) is 0.933. The second-order valence-corrected chi connectivity index (χ2v) is 6.10. The predicted octanol–water partition coefficient (Wildman–Crippen LogP) is 2.60. The van der Waals surface area contributed by atoms with Gasteiger partial charge < -0.3 is 10.6 Å². The van der Waals surface area contributed by atoms with Crippen LogP contribution in [-0.4, -0.2) is 24.5 Å². The van der Waals surface area contributed by atoms with Gasteiger partial charge in [0.25, 0.3) is 0 Å². The van der Waals surface area contributed by atoms with Crippen LogP contribution in [0.25, 0.3) is 0 Å². The van der Waals surface area contributed by atoms with Crippen LogP contribution in [0.1, 0.15) is 64.7 Å². The quantitative estimate of drug-likeness (QED) is 0.789. The van der Waals surface area contributed by atoms with E-state index in [1.807, 2.05) is 0 Å². The summed E-state index contributed by atoms with van der Waals surface area (Å²) >= 11 is 0. The molecular formula is C15H28N2O. The van der Waals surface area contributed by atoms with E-state index in [2.05, 4.69) is 17.6 Å². The van der Waals surface area contributed by atoms with Gasteiger partial charge >= 0.3 is 0 Å². The lowest BCUT2D eigenvalue weighted by atomic mass is 9.98. The minimum Gasteiger partial charge on any atom is -0.352 e. The Morgan fingerprint density at radius 2 is 2.00 bits per heavy atom. The van der Waals surface area contributed by atoms with E-state index >= 15 is 0 Å². The van der Waals surface area contributed by atoms with Crippen LogP contribution >= 0.6 is 0 Å². The standard InChI is InChI=1S/C15H28N2O/c1-12-14(9-5-11-16-12)17-15(18)10-4-8-13-6-2-3-7-13/h12-14,16H,2-11H2,1H3,(H,17,18). The van der Waals surface area contributed by atoms with Crippen molar-refractivity contribution in [1.29, 1.82) is 0 Å². The zero-order chi connectivity index (χ0) is 12.8. The van der Waals surface area contributed by atoms with Crippen LogP contribution in [0.3, 0.4) is 0 Å². The Hall–Kier alpha value is -0.570. The third-order valence-corrected chi connectivity index (χ3v) is 4.60. The van der Waals surface area contributed by atoms with Crippen molar-refractivity contribution in [2.24, 2.45) is 5.92 Å². The Balaban J connectivity index is 1.59. The number of piperidine rings is 1. The molecule has 104 valence electrons. The van der Waals surface area contributed by atoms with Gasteiger partial charge in [-0.05, 0) is 45.1 Å². The normalized spacial score (nSPS) is 29.4. The minimum absolute atomic E-state index is 0.258. The topological polar surface area (TPSA) is 41.1 Å². The van der Waals surface area contributed by atoms with Gasteiger partial charge in [-0.1, -0.05) is 25.7 Å². The van der Waals surface area contributed by atoms with Crippen LogP contribution in [-0.2, 0) is 4.79 Å². The van der Waals surface area contributed by atoms with E-state index in [0.717, 1.165) is 31.7 Å². The molecule has 2 aliphatic rings. The summed E-state index contributed by atoms with van der Waals surface area (Å²) in [4.78, 5) is 11.9. The predicted molar refractivity (Wildman–Crippen MR) is 74.4 cm³/mol. The van der Waals surface area contributed by atoms with Gasteiger partial charge in [-0.25, -0.2) is 0 Å². The van der Waals surface area contributed by atoms with E-state index < -0.39 is 0 Å². The van der Waals surface area contributed by atoms with Gasteiger partial charge in [0.15, 0.2) is 0 Å². The van der Waals surface area contributed by atoms with Crippen LogP contribution in [0.4, 0.5) is 0 Å². The lowest BCUT2D eigenvalue weighted by Gasteiger charge is -2.30. The Labute approximate surface area is 111 Å². The number of carbonyl (C=O) groups excluding carboxylic acids is 1.